The summed E-state index contributed by atoms with van der Waals surface area (Å²) in [5.74, 6) is 0.188. The molecule has 3 heteroatoms. The van der Waals surface area contributed by atoms with Crippen LogP contribution in [0.15, 0.2) is 12.2 Å². The Labute approximate surface area is 99.7 Å². The first-order valence-corrected chi connectivity index (χ1v) is 5.87. The normalized spacial score (nSPS) is 11.3. The lowest BCUT2D eigenvalue weighted by molar-refractivity contribution is -0.130. The molecule has 0 spiro atoms. The molecule has 1 amide bonds. The van der Waals surface area contributed by atoms with Crippen molar-refractivity contribution >= 4 is 5.91 Å². The maximum Gasteiger partial charge on any atom is 0.222 e. The van der Waals surface area contributed by atoms with Gasteiger partial charge in [-0.1, -0.05) is 26.0 Å². The molecule has 0 aliphatic carbocycles. The summed E-state index contributed by atoms with van der Waals surface area (Å²) in [7, 11) is 1.83. The first-order valence-electron chi connectivity index (χ1n) is 5.87. The van der Waals surface area contributed by atoms with Crippen LogP contribution in [0.1, 0.15) is 40.0 Å². The number of likely N-dealkylation sites (N-methyl/N-ethyl adjacent to an activating group) is 1. The highest BCUT2D eigenvalue weighted by Crippen LogP contribution is 2.26. The third kappa shape index (κ3) is 6.62. The summed E-state index contributed by atoms with van der Waals surface area (Å²) in [5, 5.41) is 0. The van der Waals surface area contributed by atoms with Gasteiger partial charge in [-0.15, -0.1) is 0 Å². The molecule has 0 fully saturated rings. The van der Waals surface area contributed by atoms with E-state index in [9.17, 15) is 4.79 Å². The molecule has 16 heavy (non-hydrogen) atoms. The number of carbonyl (C=O) groups is 1. The molecule has 0 saturated carbocycles. The van der Waals surface area contributed by atoms with Crippen LogP contribution in [-0.2, 0) is 4.79 Å². The van der Waals surface area contributed by atoms with Gasteiger partial charge < -0.3 is 10.6 Å². The van der Waals surface area contributed by atoms with E-state index in [2.05, 4.69) is 20.4 Å². The standard InChI is InChI=1S/C13H26N2O/c1-11(2)10-15(5)12(16)6-7-13(3,4)8-9-14/h1,6-10,14H2,2-5H3. The monoisotopic (exact) mass is 226 g/mol. The maximum atomic E-state index is 11.8. The molecule has 94 valence electrons. The predicted molar refractivity (Wildman–Crippen MR) is 69.1 cm³/mol. The van der Waals surface area contributed by atoms with Gasteiger partial charge in [-0.25, -0.2) is 0 Å². The summed E-state index contributed by atoms with van der Waals surface area (Å²) in [5.41, 5.74) is 6.71. The molecule has 0 aliphatic heterocycles. The van der Waals surface area contributed by atoms with Crippen molar-refractivity contribution in [3.63, 3.8) is 0 Å². The van der Waals surface area contributed by atoms with Gasteiger partial charge in [0, 0.05) is 20.0 Å². The number of nitrogens with two attached hydrogens (primary N) is 1. The van der Waals surface area contributed by atoms with Crippen molar-refractivity contribution in [2.24, 2.45) is 11.1 Å². The van der Waals surface area contributed by atoms with Crippen LogP contribution in [0, 0.1) is 5.41 Å². The van der Waals surface area contributed by atoms with E-state index in [4.69, 9.17) is 5.73 Å². The fourth-order valence-electron chi connectivity index (χ4n) is 1.64. The zero-order valence-corrected chi connectivity index (χ0v) is 11.2. The summed E-state index contributed by atoms with van der Waals surface area (Å²) >= 11 is 0. The van der Waals surface area contributed by atoms with Gasteiger partial charge in [-0.05, 0) is 31.7 Å². The zero-order valence-electron chi connectivity index (χ0n) is 11.2. The Morgan fingerprint density at radius 2 is 1.94 bits per heavy atom. The fourth-order valence-corrected chi connectivity index (χ4v) is 1.64. The molecule has 0 aromatic carbocycles. The molecule has 3 nitrogen and oxygen atoms in total. The Morgan fingerprint density at radius 3 is 2.38 bits per heavy atom. The molecule has 0 saturated heterocycles. The molecule has 0 unspecified atom stereocenters. The molecule has 0 bridgehead atoms. The molecule has 0 radical (unpaired) electrons. The lowest BCUT2D eigenvalue weighted by atomic mass is 9.84. The quantitative estimate of drug-likeness (QED) is 0.676. The van der Waals surface area contributed by atoms with E-state index in [1.807, 2.05) is 14.0 Å². The Kier molecular flexibility index (Phi) is 6.34. The SMILES string of the molecule is C=C(C)CN(C)C(=O)CCC(C)(C)CCN. The van der Waals surface area contributed by atoms with Crippen molar-refractivity contribution in [2.45, 2.75) is 40.0 Å². The minimum Gasteiger partial charge on any atom is -0.342 e. The summed E-state index contributed by atoms with van der Waals surface area (Å²) in [6.07, 6.45) is 2.45. The molecular weight excluding hydrogens is 200 g/mol. The van der Waals surface area contributed by atoms with Gasteiger partial charge in [-0.3, -0.25) is 4.79 Å². The summed E-state index contributed by atoms with van der Waals surface area (Å²) in [6.45, 7) is 11.4. The van der Waals surface area contributed by atoms with Crippen molar-refractivity contribution in [3.05, 3.63) is 12.2 Å². The third-order valence-corrected chi connectivity index (χ3v) is 2.77. The van der Waals surface area contributed by atoms with E-state index >= 15 is 0 Å². The molecule has 0 aliphatic rings. The van der Waals surface area contributed by atoms with Gasteiger partial charge in [0.25, 0.3) is 0 Å². The Morgan fingerprint density at radius 1 is 1.38 bits per heavy atom. The average Bonchev–Trinajstić information content (AvgIpc) is 2.13. The largest absolute Gasteiger partial charge is 0.342 e. The van der Waals surface area contributed by atoms with Crippen molar-refractivity contribution < 1.29 is 4.79 Å². The van der Waals surface area contributed by atoms with Crippen LogP contribution in [0.4, 0.5) is 0 Å². The van der Waals surface area contributed by atoms with E-state index in [1.54, 1.807) is 4.90 Å². The van der Waals surface area contributed by atoms with Crippen molar-refractivity contribution in [3.8, 4) is 0 Å². The number of carbonyl (C=O) groups excluding carboxylic acids is 1. The van der Waals surface area contributed by atoms with Crippen LogP contribution in [0.3, 0.4) is 0 Å². The average molecular weight is 226 g/mol. The summed E-state index contributed by atoms with van der Waals surface area (Å²) in [4.78, 5) is 13.5. The number of hydrogen-bond acceptors (Lipinski definition) is 2. The molecule has 0 heterocycles. The van der Waals surface area contributed by atoms with Crippen molar-refractivity contribution in [1.29, 1.82) is 0 Å². The van der Waals surface area contributed by atoms with Crippen molar-refractivity contribution in [2.75, 3.05) is 20.1 Å². The third-order valence-electron chi connectivity index (χ3n) is 2.77. The molecular formula is C13H26N2O. The molecule has 0 aromatic heterocycles. The highest BCUT2D eigenvalue weighted by atomic mass is 16.2. The van der Waals surface area contributed by atoms with Gasteiger partial charge in [0.15, 0.2) is 0 Å². The van der Waals surface area contributed by atoms with Crippen LogP contribution in [0.2, 0.25) is 0 Å². The van der Waals surface area contributed by atoms with Gasteiger partial charge in [0.2, 0.25) is 5.91 Å². The van der Waals surface area contributed by atoms with E-state index in [-0.39, 0.29) is 11.3 Å². The predicted octanol–water partition coefficient (Wildman–Crippen LogP) is 2.18. The number of nitrogens with zero attached hydrogens (tertiary/aromatic N) is 1. The highest BCUT2D eigenvalue weighted by molar-refractivity contribution is 5.76. The smallest absolute Gasteiger partial charge is 0.222 e. The van der Waals surface area contributed by atoms with Crippen LogP contribution >= 0.6 is 0 Å². The van der Waals surface area contributed by atoms with Crippen LogP contribution in [0.25, 0.3) is 0 Å². The summed E-state index contributed by atoms with van der Waals surface area (Å²) in [6, 6.07) is 0. The van der Waals surface area contributed by atoms with Crippen molar-refractivity contribution in [1.82, 2.24) is 4.90 Å². The lowest BCUT2D eigenvalue weighted by Crippen LogP contribution is -2.29. The molecule has 0 rings (SSSR count). The van der Waals surface area contributed by atoms with E-state index in [1.165, 1.54) is 0 Å². The number of amides is 1. The minimum atomic E-state index is 0.161. The first-order chi connectivity index (χ1) is 7.28. The van der Waals surface area contributed by atoms with Gasteiger partial charge in [0.05, 0.1) is 0 Å². The molecule has 0 atom stereocenters. The second-order valence-corrected chi connectivity index (χ2v) is 5.41. The maximum absolute atomic E-state index is 11.8. The second-order valence-electron chi connectivity index (χ2n) is 5.41. The van der Waals surface area contributed by atoms with E-state index < -0.39 is 0 Å². The fraction of sp³-hybridized carbons (Fsp3) is 0.769. The van der Waals surface area contributed by atoms with Gasteiger partial charge in [0.1, 0.15) is 0 Å². The minimum absolute atomic E-state index is 0.161. The first kappa shape index (κ1) is 15.2. The molecule has 2 N–H and O–H groups in total. The number of hydrogen-bond donors (Lipinski definition) is 1. The summed E-state index contributed by atoms with van der Waals surface area (Å²) < 4.78 is 0. The highest BCUT2D eigenvalue weighted by Gasteiger charge is 2.19. The number of rotatable bonds is 7. The van der Waals surface area contributed by atoms with Crippen LogP contribution in [-0.4, -0.2) is 30.9 Å². The topological polar surface area (TPSA) is 46.3 Å². The Bertz CT molecular complexity index is 246. The van der Waals surface area contributed by atoms with E-state index in [0.717, 1.165) is 18.4 Å². The Balaban J connectivity index is 4.01. The Hall–Kier alpha value is -0.830. The molecule has 0 aromatic rings. The van der Waals surface area contributed by atoms with Crippen LogP contribution in [0.5, 0.6) is 0 Å². The lowest BCUT2D eigenvalue weighted by Gasteiger charge is -2.25. The zero-order chi connectivity index (χ0) is 12.8. The van der Waals surface area contributed by atoms with Gasteiger partial charge in [-0.2, -0.15) is 0 Å². The van der Waals surface area contributed by atoms with E-state index in [0.29, 0.717) is 19.5 Å². The second kappa shape index (κ2) is 6.69. The van der Waals surface area contributed by atoms with Gasteiger partial charge >= 0.3 is 0 Å². The van der Waals surface area contributed by atoms with Crippen LogP contribution < -0.4 is 5.73 Å².